The van der Waals surface area contributed by atoms with Crippen LogP contribution in [0.15, 0.2) is 41.4 Å². The number of aromatic nitrogens is 2. The average molecular weight is 364 g/mol. The predicted molar refractivity (Wildman–Crippen MR) is 97.2 cm³/mol. The Bertz CT molecular complexity index is 790. The molecule has 8 heteroatoms. The maximum Gasteiger partial charge on any atom is 0.243 e. The minimum Gasteiger partial charge on any atom is -0.481 e. The lowest BCUT2D eigenvalue weighted by Crippen LogP contribution is -2.30. The number of benzene rings is 1. The summed E-state index contributed by atoms with van der Waals surface area (Å²) in [6.45, 7) is 6.51. The molecule has 0 unspecified atom stereocenters. The van der Waals surface area contributed by atoms with Gasteiger partial charge in [-0.05, 0) is 24.6 Å². The molecule has 1 N–H and O–H groups in total. The van der Waals surface area contributed by atoms with Gasteiger partial charge in [-0.1, -0.05) is 26.0 Å². The second kappa shape index (κ2) is 8.26. The Morgan fingerprint density at radius 3 is 2.36 bits per heavy atom. The fourth-order valence-corrected chi connectivity index (χ4v) is 3.90. The molecule has 7 nitrogen and oxygen atoms in total. The molecule has 0 aliphatic heterocycles. The van der Waals surface area contributed by atoms with Gasteiger partial charge in [-0.25, -0.2) is 13.4 Å². The summed E-state index contributed by atoms with van der Waals surface area (Å²) < 4.78 is 31.5. The first-order valence-electron chi connectivity index (χ1n) is 8.16. The summed E-state index contributed by atoms with van der Waals surface area (Å²) in [5.74, 6) is 0.928. The van der Waals surface area contributed by atoms with Gasteiger partial charge in [-0.15, -0.1) is 0 Å². The topological polar surface area (TPSA) is 84.4 Å². The normalized spacial score (nSPS) is 12.8. The van der Waals surface area contributed by atoms with Crippen molar-refractivity contribution in [3.05, 3.63) is 42.1 Å². The van der Waals surface area contributed by atoms with Crippen LogP contribution in [0.1, 0.15) is 32.4 Å². The van der Waals surface area contributed by atoms with Crippen molar-refractivity contribution < 1.29 is 13.2 Å². The number of methoxy groups -OCH3 is 1. The van der Waals surface area contributed by atoms with Crippen molar-refractivity contribution in [1.29, 1.82) is 0 Å². The molecule has 1 atom stereocenters. The van der Waals surface area contributed by atoms with Gasteiger partial charge in [-0.3, -0.25) is 0 Å². The molecule has 0 radical (unpaired) electrons. The van der Waals surface area contributed by atoms with Crippen LogP contribution in [0, 0.1) is 0 Å². The quantitative estimate of drug-likeness (QED) is 0.775. The van der Waals surface area contributed by atoms with Crippen molar-refractivity contribution in [3.63, 3.8) is 0 Å². The zero-order valence-corrected chi connectivity index (χ0v) is 15.7. The van der Waals surface area contributed by atoms with E-state index in [1.165, 1.54) is 4.31 Å². The summed E-state index contributed by atoms with van der Waals surface area (Å²) in [6, 6.07) is 8.45. The van der Waals surface area contributed by atoms with Gasteiger partial charge < -0.3 is 10.1 Å². The molecule has 25 heavy (non-hydrogen) atoms. The Balaban J connectivity index is 2.16. The Labute approximate surface area is 149 Å². The highest BCUT2D eigenvalue weighted by molar-refractivity contribution is 7.89. The van der Waals surface area contributed by atoms with E-state index >= 15 is 0 Å². The molecule has 0 aliphatic rings. The number of hydrogen-bond acceptors (Lipinski definition) is 6. The smallest absolute Gasteiger partial charge is 0.243 e. The second-order valence-corrected chi connectivity index (χ2v) is 7.38. The van der Waals surface area contributed by atoms with E-state index in [1.807, 2.05) is 20.8 Å². The molecule has 0 bridgehead atoms. The molecule has 0 aliphatic carbocycles. The van der Waals surface area contributed by atoms with Gasteiger partial charge in [0.15, 0.2) is 0 Å². The van der Waals surface area contributed by atoms with E-state index in [4.69, 9.17) is 4.74 Å². The Kier molecular flexibility index (Phi) is 6.33. The third-order valence-electron chi connectivity index (χ3n) is 3.91. The average Bonchev–Trinajstić information content (AvgIpc) is 2.62. The fraction of sp³-hybridized carbons (Fsp3) is 0.412. The maximum absolute atomic E-state index is 12.5. The molecule has 0 fully saturated rings. The van der Waals surface area contributed by atoms with Crippen molar-refractivity contribution in [2.75, 3.05) is 25.5 Å². The summed E-state index contributed by atoms with van der Waals surface area (Å²) in [4.78, 5) is 8.66. The van der Waals surface area contributed by atoms with E-state index in [9.17, 15) is 8.42 Å². The summed E-state index contributed by atoms with van der Waals surface area (Å²) in [5, 5.41) is 3.17. The van der Waals surface area contributed by atoms with Gasteiger partial charge in [0.05, 0.1) is 18.0 Å². The van der Waals surface area contributed by atoms with Crippen molar-refractivity contribution in [1.82, 2.24) is 14.3 Å². The standard InChI is InChI=1S/C17H24N4O3S/c1-5-21(6-2)25(22,23)15-9-7-14(8-10-15)13(3)19-17-18-12-11-16(20-17)24-4/h7-13H,5-6H2,1-4H3,(H,18,19,20)/t13-/m1/s1. The van der Waals surface area contributed by atoms with E-state index in [2.05, 4.69) is 15.3 Å². The lowest BCUT2D eigenvalue weighted by atomic mass is 10.1. The molecule has 0 saturated heterocycles. The highest BCUT2D eigenvalue weighted by Gasteiger charge is 2.21. The first-order valence-corrected chi connectivity index (χ1v) is 9.60. The predicted octanol–water partition coefficient (Wildman–Crippen LogP) is 2.69. The maximum atomic E-state index is 12.5. The fourth-order valence-electron chi connectivity index (χ4n) is 2.44. The van der Waals surface area contributed by atoms with Crippen LogP contribution in [-0.4, -0.2) is 42.9 Å². The van der Waals surface area contributed by atoms with Crippen LogP contribution in [-0.2, 0) is 10.0 Å². The lowest BCUT2D eigenvalue weighted by Gasteiger charge is -2.19. The van der Waals surface area contributed by atoms with Gasteiger partial charge in [0.25, 0.3) is 0 Å². The molecule has 2 aromatic rings. The molecule has 2 rings (SSSR count). The van der Waals surface area contributed by atoms with Gasteiger partial charge in [0.1, 0.15) is 0 Å². The summed E-state index contributed by atoms with van der Waals surface area (Å²) >= 11 is 0. The van der Waals surface area contributed by atoms with Crippen molar-refractivity contribution in [2.45, 2.75) is 31.7 Å². The molecule has 0 spiro atoms. The highest BCUT2D eigenvalue weighted by Crippen LogP contribution is 2.21. The molecule has 136 valence electrons. The van der Waals surface area contributed by atoms with Crippen LogP contribution in [0.4, 0.5) is 5.95 Å². The summed E-state index contributed by atoms with van der Waals surface area (Å²) in [7, 11) is -1.89. The van der Waals surface area contributed by atoms with E-state index in [-0.39, 0.29) is 6.04 Å². The van der Waals surface area contributed by atoms with Crippen LogP contribution >= 0.6 is 0 Å². The van der Waals surface area contributed by atoms with E-state index < -0.39 is 10.0 Å². The van der Waals surface area contributed by atoms with E-state index in [0.29, 0.717) is 29.8 Å². The number of nitrogens with one attached hydrogen (secondary N) is 1. The highest BCUT2D eigenvalue weighted by atomic mass is 32.2. The zero-order chi connectivity index (χ0) is 18.4. The first-order chi connectivity index (χ1) is 11.9. The van der Waals surface area contributed by atoms with Crippen LogP contribution < -0.4 is 10.1 Å². The van der Waals surface area contributed by atoms with Gasteiger partial charge >= 0.3 is 0 Å². The number of hydrogen-bond donors (Lipinski definition) is 1. The van der Waals surface area contributed by atoms with Gasteiger partial charge in [-0.2, -0.15) is 9.29 Å². The first kappa shape index (κ1) is 19.1. The van der Waals surface area contributed by atoms with Crippen molar-refractivity contribution >= 4 is 16.0 Å². The van der Waals surface area contributed by atoms with Crippen LogP contribution in [0.2, 0.25) is 0 Å². The third kappa shape index (κ3) is 4.46. The molecule has 1 heterocycles. The molecular weight excluding hydrogens is 340 g/mol. The monoisotopic (exact) mass is 364 g/mol. The Morgan fingerprint density at radius 2 is 1.80 bits per heavy atom. The van der Waals surface area contributed by atoms with Crippen LogP contribution in [0.25, 0.3) is 0 Å². The number of anilines is 1. The van der Waals surface area contributed by atoms with E-state index in [1.54, 1.807) is 43.6 Å². The lowest BCUT2D eigenvalue weighted by molar-refractivity contribution is 0.397. The van der Waals surface area contributed by atoms with E-state index in [0.717, 1.165) is 5.56 Å². The zero-order valence-electron chi connectivity index (χ0n) is 14.9. The largest absolute Gasteiger partial charge is 0.481 e. The minimum atomic E-state index is -3.44. The number of ether oxygens (including phenoxy) is 1. The molecule has 0 amide bonds. The van der Waals surface area contributed by atoms with Crippen LogP contribution in [0.3, 0.4) is 0 Å². The SMILES string of the molecule is CCN(CC)S(=O)(=O)c1ccc([C@@H](C)Nc2nccc(OC)n2)cc1. The molecule has 1 aromatic heterocycles. The Morgan fingerprint density at radius 1 is 1.16 bits per heavy atom. The number of sulfonamides is 1. The van der Waals surface area contributed by atoms with Gasteiger partial charge in [0.2, 0.25) is 21.9 Å². The molecular formula is C17H24N4O3S. The Hall–Kier alpha value is -2.19. The van der Waals surface area contributed by atoms with Crippen molar-refractivity contribution in [2.24, 2.45) is 0 Å². The van der Waals surface area contributed by atoms with Gasteiger partial charge in [0, 0.05) is 25.4 Å². The third-order valence-corrected chi connectivity index (χ3v) is 5.97. The number of nitrogens with zero attached hydrogens (tertiary/aromatic N) is 3. The summed E-state index contributed by atoms with van der Waals surface area (Å²) in [6.07, 6.45) is 1.61. The molecule has 1 aromatic carbocycles. The van der Waals surface area contributed by atoms with Crippen molar-refractivity contribution in [3.8, 4) is 5.88 Å². The second-order valence-electron chi connectivity index (χ2n) is 5.45. The molecule has 0 saturated carbocycles. The van der Waals surface area contributed by atoms with Crippen LogP contribution in [0.5, 0.6) is 5.88 Å². The minimum absolute atomic E-state index is 0.0858. The number of rotatable bonds is 8. The summed E-state index contributed by atoms with van der Waals surface area (Å²) in [5.41, 5.74) is 0.935.